The van der Waals surface area contributed by atoms with Gasteiger partial charge >= 0.3 is 0 Å². The molecule has 1 aliphatic heterocycles. The van der Waals surface area contributed by atoms with Crippen molar-refractivity contribution in [2.45, 2.75) is 38.1 Å². The fourth-order valence-corrected chi connectivity index (χ4v) is 4.28. The number of nitrogens with one attached hydrogen (secondary N) is 2. The van der Waals surface area contributed by atoms with Gasteiger partial charge in [-0.3, -0.25) is 9.59 Å². The van der Waals surface area contributed by atoms with Gasteiger partial charge in [-0.1, -0.05) is 12.8 Å². The van der Waals surface area contributed by atoms with Crippen LogP contribution in [0, 0.1) is 0 Å². The van der Waals surface area contributed by atoms with E-state index in [2.05, 4.69) is 20.5 Å². The normalized spacial score (nSPS) is 16.7. The minimum Gasteiger partial charge on any atom is -0.495 e. The Hall–Kier alpha value is -3.36. The lowest BCUT2D eigenvalue weighted by Crippen LogP contribution is -2.34. The number of aromatic nitrogens is 2. The number of hydrogen-bond donors (Lipinski definition) is 2. The van der Waals surface area contributed by atoms with Gasteiger partial charge < -0.3 is 25.2 Å². The van der Waals surface area contributed by atoms with E-state index < -0.39 is 0 Å². The molecule has 2 aliphatic rings. The van der Waals surface area contributed by atoms with E-state index in [9.17, 15) is 9.59 Å². The molecule has 4 rings (SSSR count). The molecule has 1 aliphatic carbocycles. The highest BCUT2D eigenvalue weighted by atomic mass is 16.5. The van der Waals surface area contributed by atoms with Crippen molar-refractivity contribution in [1.29, 1.82) is 0 Å². The third-order valence-electron chi connectivity index (χ3n) is 6.02. The molecule has 1 saturated carbocycles. The second-order valence-electron chi connectivity index (χ2n) is 7.86. The van der Waals surface area contributed by atoms with Gasteiger partial charge in [0, 0.05) is 38.7 Å². The number of hydrogen-bond acceptors (Lipinski definition) is 7. The van der Waals surface area contributed by atoms with Gasteiger partial charge in [0.2, 0.25) is 11.9 Å². The number of amides is 2. The van der Waals surface area contributed by atoms with Crippen molar-refractivity contribution in [1.82, 2.24) is 15.3 Å². The maximum absolute atomic E-state index is 12.5. The van der Waals surface area contributed by atoms with Gasteiger partial charge in [-0.25, -0.2) is 4.98 Å². The highest BCUT2D eigenvalue weighted by Gasteiger charge is 2.31. The second kappa shape index (κ2) is 8.79. The second-order valence-corrected chi connectivity index (χ2v) is 7.86. The number of nitrogens with zero attached hydrogens (tertiary/aromatic N) is 4. The Balaban J connectivity index is 1.71. The minimum absolute atomic E-state index is 0.0611. The van der Waals surface area contributed by atoms with Gasteiger partial charge in [0.15, 0.2) is 5.82 Å². The minimum atomic E-state index is -0.193. The van der Waals surface area contributed by atoms with E-state index in [0.717, 1.165) is 18.7 Å². The average molecular weight is 425 g/mol. The van der Waals surface area contributed by atoms with E-state index in [0.29, 0.717) is 47.6 Å². The lowest BCUT2D eigenvalue weighted by Gasteiger charge is -2.30. The topological polar surface area (TPSA) is 99.7 Å². The molecule has 0 unspecified atom stereocenters. The van der Waals surface area contributed by atoms with Crippen molar-refractivity contribution in [3.8, 4) is 5.75 Å². The quantitative estimate of drug-likeness (QED) is 0.761. The van der Waals surface area contributed by atoms with Crippen LogP contribution in [0.2, 0.25) is 0 Å². The largest absolute Gasteiger partial charge is 0.495 e. The van der Waals surface area contributed by atoms with E-state index in [1.54, 1.807) is 50.5 Å². The third-order valence-corrected chi connectivity index (χ3v) is 6.02. The summed E-state index contributed by atoms with van der Waals surface area (Å²) in [4.78, 5) is 37.7. The van der Waals surface area contributed by atoms with Crippen molar-refractivity contribution in [3.05, 3.63) is 30.0 Å². The van der Waals surface area contributed by atoms with Gasteiger partial charge in [0.25, 0.3) is 5.91 Å². The number of ether oxygens (including phenoxy) is 1. The van der Waals surface area contributed by atoms with Crippen molar-refractivity contribution in [3.63, 3.8) is 0 Å². The monoisotopic (exact) mass is 424 g/mol. The number of carbonyl (C=O) groups is 2. The standard InChI is InChI=1S/C22H28N6O3/c1-23-21(30)14-8-9-18(31-3)16(12-14)25-22-24-13-17-20(26-22)28(15-6-4-5-7-15)11-10-19(29)27(17)2/h8-9,12-13,15H,4-7,10-11H2,1-3H3,(H,23,30)(H,24,25,26). The summed E-state index contributed by atoms with van der Waals surface area (Å²) in [7, 11) is 4.93. The average Bonchev–Trinajstić information content (AvgIpc) is 3.29. The summed E-state index contributed by atoms with van der Waals surface area (Å²) in [5, 5.41) is 5.81. The van der Waals surface area contributed by atoms with Crippen LogP contribution in [0.5, 0.6) is 5.75 Å². The predicted molar refractivity (Wildman–Crippen MR) is 119 cm³/mol. The highest BCUT2D eigenvalue weighted by molar-refractivity contribution is 5.97. The summed E-state index contributed by atoms with van der Waals surface area (Å²) < 4.78 is 5.44. The molecule has 0 spiro atoms. The van der Waals surface area contributed by atoms with Gasteiger partial charge in [0.05, 0.1) is 19.0 Å². The predicted octanol–water partition coefficient (Wildman–Crippen LogP) is 2.70. The number of carbonyl (C=O) groups excluding carboxylic acids is 2. The van der Waals surface area contributed by atoms with E-state index in [-0.39, 0.29) is 11.8 Å². The van der Waals surface area contributed by atoms with Crippen molar-refractivity contribution in [2.24, 2.45) is 0 Å². The van der Waals surface area contributed by atoms with Crippen LogP contribution in [0.4, 0.5) is 23.1 Å². The van der Waals surface area contributed by atoms with Crippen LogP contribution in [-0.4, -0.2) is 55.6 Å². The zero-order chi connectivity index (χ0) is 22.0. The summed E-state index contributed by atoms with van der Waals surface area (Å²) in [6.07, 6.45) is 6.73. The van der Waals surface area contributed by atoms with Gasteiger partial charge in [0.1, 0.15) is 11.4 Å². The molecule has 9 heteroatoms. The number of anilines is 4. The van der Waals surface area contributed by atoms with Crippen LogP contribution in [0.15, 0.2) is 24.4 Å². The molecule has 2 amide bonds. The summed E-state index contributed by atoms with van der Waals surface area (Å²) >= 11 is 0. The molecule has 0 atom stereocenters. The van der Waals surface area contributed by atoms with Crippen molar-refractivity contribution >= 4 is 35.0 Å². The SMILES string of the molecule is CNC(=O)c1ccc(OC)c(Nc2ncc3c(n2)N(C2CCCC2)CCC(=O)N3C)c1. The molecule has 0 bridgehead atoms. The molecule has 31 heavy (non-hydrogen) atoms. The molecule has 1 fully saturated rings. The van der Waals surface area contributed by atoms with E-state index >= 15 is 0 Å². The van der Waals surface area contributed by atoms with Gasteiger partial charge in [-0.2, -0.15) is 4.98 Å². The van der Waals surface area contributed by atoms with E-state index in [1.165, 1.54) is 12.8 Å². The Kier molecular flexibility index (Phi) is 5.92. The lowest BCUT2D eigenvalue weighted by atomic mass is 10.1. The Morgan fingerprint density at radius 3 is 2.74 bits per heavy atom. The highest BCUT2D eigenvalue weighted by Crippen LogP contribution is 2.36. The third kappa shape index (κ3) is 4.12. The fourth-order valence-electron chi connectivity index (χ4n) is 4.28. The molecule has 2 aromatic rings. The molecule has 9 nitrogen and oxygen atoms in total. The summed E-state index contributed by atoms with van der Waals surface area (Å²) in [6, 6.07) is 5.51. The Labute approximate surface area is 181 Å². The summed E-state index contributed by atoms with van der Waals surface area (Å²) in [6.45, 7) is 0.646. The first kappa shape index (κ1) is 20.9. The van der Waals surface area contributed by atoms with Crippen LogP contribution in [0.3, 0.4) is 0 Å². The molecule has 2 N–H and O–H groups in total. The molecular formula is C22H28N6O3. The molecule has 0 radical (unpaired) electrons. The lowest BCUT2D eigenvalue weighted by molar-refractivity contribution is -0.118. The van der Waals surface area contributed by atoms with Crippen LogP contribution in [-0.2, 0) is 4.79 Å². The number of fused-ring (bicyclic) bond motifs is 1. The molecule has 2 heterocycles. The first-order chi connectivity index (χ1) is 15.0. The zero-order valence-electron chi connectivity index (χ0n) is 18.1. The van der Waals surface area contributed by atoms with Crippen LogP contribution in [0.25, 0.3) is 0 Å². The smallest absolute Gasteiger partial charge is 0.251 e. The van der Waals surface area contributed by atoms with Crippen LogP contribution < -0.4 is 25.2 Å². The van der Waals surface area contributed by atoms with Gasteiger partial charge in [-0.15, -0.1) is 0 Å². The van der Waals surface area contributed by atoms with E-state index in [1.807, 2.05) is 0 Å². The van der Waals surface area contributed by atoms with Gasteiger partial charge in [-0.05, 0) is 31.0 Å². The Morgan fingerprint density at radius 2 is 2.03 bits per heavy atom. The number of rotatable bonds is 5. The maximum atomic E-state index is 12.5. The first-order valence-electron chi connectivity index (χ1n) is 10.6. The number of benzene rings is 1. The summed E-state index contributed by atoms with van der Waals surface area (Å²) in [5.41, 5.74) is 1.80. The maximum Gasteiger partial charge on any atom is 0.251 e. The van der Waals surface area contributed by atoms with Crippen molar-refractivity contribution < 1.29 is 14.3 Å². The summed E-state index contributed by atoms with van der Waals surface area (Å²) in [5.74, 6) is 1.59. The number of methoxy groups -OCH3 is 1. The molecular weight excluding hydrogens is 396 g/mol. The molecule has 164 valence electrons. The van der Waals surface area contributed by atoms with E-state index in [4.69, 9.17) is 9.72 Å². The molecule has 1 aromatic heterocycles. The van der Waals surface area contributed by atoms with Crippen LogP contribution in [0.1, 0.15) is 42.5 Å². The zero-order valence-corrected chi connectivity index (χ0v) is 18.1. The van der Waals surface area contributed by atoms with Crippen LogP contribution >= 0.6 is 0 Å². The molecule has 1 aromatic carbocycles. The first-order valence-corrected chi connectivity index (χ1v) is 10.6. The fraction of sp³-hybridized carbons (Fsp3) is 0.455. The Morgan fingerprint density at radius 1 is 1.26 bits per heavy atom. The Bertz CT molecular complexity index is 989. The molecule has 0 saturated heterocycles. The van der Waals surface area contributed by atoms with Crippen molar-refractivity contribution in [2.75, 3.05) is 42.9 Å².